The summed E-state index contributed by atoms with van der Waals surface area (Å²) in [4.78, 5) is 45.6. The normalized spacial score (nSPS) is 10.3. The maximum atomic E-state index is 12.0. The van der Waals surface area contributed by atoms with E-state index in [1.807, 2.05) is 0 Å². The Morgan fingerprint density at radius 2 is 0.833 bits per heavy atom. The SMILES string of the molecule is O=C(O)c1ccc(C(=O)NCCCCCCNC(=O)c2ccc(C(=O)O)cc2)cc1. The van der Waals surface area contributed by atoms with Crippen LogP contribution in [0.3, 0.4) is 0 Å². The van der Waals surface area contributed by atoms with Crippen molar-refractivity contribution in [1.29, 1.82) is 0 Å². The quantitative estimate of drug-likeness (QED) is 0.420. The topological polar surface area (TPSA) is 133 Å². The number of rotatable bonds is 11. The van der Waals surface area contributed by atoms with Crippen molar-refractivity contribution in [3.05, 3.63) is 70.8 Å². The number of carbonyl (C=O) groups excluding carboxylic acids is 2. The second kappa shape index (κ2) is 11.4. The number of hydrogen-bond acceptors (Lipinski definition) is 4. The summed E-state index contributed by atoms with van der Waals surface area (Å²) >= 11 is 0. The minimum absolute atomic E-state index is 0.135. The smallest absolute Gasteiger partial charge is 0.335 e. The molecule has 0 spiro atoms. The number of aromatic carboxylic acids is 2. The van der Waals surface area contributed by atoms with Gasteiger partial charge in [0.05, 0.1) is 11.1 Å². The van der Waals surface area contributed by atoms with Crippen LogP contribution in [0.5, 0.6) is 0 Å². The third-order valence-electron chi connectivity index (χ3n) is 4.46. The predicted molar refractivity (Wildman–Crippen MR) is 110 cm³/mol. The number of unbranched alkanes of at least 4 members (excludes halogenated alkanes) is 3. The molecule has 0 aromatic heterocycles. The van der Waals surface area contributed by atoms with Crippen LogP contribution in [0.15, 0.2) is 48.5 Å². The van der Waals surface area contributed by atoms with Crippen molar-refractivity contribution in [3.63, 3.8) is 0 Å². The summed E-state index contributed by atoms with van der Waals surface area (Å²) < 4.78 is 0. The Morgan fingerprint density at radius 1 is 0.533 bits per heavy atom. The van der Waals surface area contributed by atoms with Crippen LogP contribution in [0.1, 0.15) is 67.1 Å². The monoisotopic (exact) mass is 412 g/mol. The van der Waals surface area contributed by atoms with E-state index in [2.05, 4.69) is 10.6 Å². The van der Waals surface area contributed by atoms with Gasteiger partial charge in [0.2, 0.25) is 0 Å². The highest BCUT2D eigenvalue weighted by Crippen LogP contribution is 2.06. The van der Waals surface area contributed by atoms with Crippen LogP contribution in [0.2, 0.25) is 0 Å². The minimum atomic E-state index is -1.03. The molecule has 0 radical (unpaired) electrons. The molecule has 30 heavy (non-hydrogen) atoms. The average molecular weight is 412 g/mol. The zero-order valence-electron chi connectivity index (χ0n) is 16.4. The minimum Gasteiger partial charge on any atom is -0.478 e. The Hall–Kier alpha value is -3.68. The van der Waals surface area contributed by atoms with Crippen LogP contribution in [0.4, 0.5) is 0 Å². The van der Waals surface area contributed by atoms with Crippen molar-refractivity contribution in [2.45, 2.75) is 25.7 Å². The molecule has 0 saturated carbocycles. The summed E-state index contributed by atoms with van der Waals surface area (Å²) in [6, 6.07) is 11.5. The Kier molecular flexibility index (Phi) is 8.56. The van der Waals surface area contributed by atoms with E-state index in [9.17, 15) is 19.2 Å². The summed E-state index contributed by atoms with van der Waals surface area (Å²) in [6.07, 6.45) is 3.37. The van der Waals surface area contributed by atoms with E-state index in [0.29, 0.717) is 24.2 Å². The van der Waals surface area contributed by atoms with Crippen LogP contribution in [0, 0.1) is 0 Å². The lowest BCUT2D eigenvalue weighted by Crippen LogP contribution is -2.25. The third kappa shape index (κ3) is 7.05. The number of nitrogens with one attached hydrogen (secondary N) is 2. The van der Waals surface area contributed by atoms with E-state index in [0.717, 1.165) is 25.7 Å². The average Bonchev–Trinajstić information content (AvgIpc) is 2.75. The van der Waals surface area contributed by atoms with Gasteiger partial charge in [0.15, 0.2) is 0 Å². The second-order valence-corrected chi connectivity index (χ2v) is 6.69. The lowest BCUT2D eigenvalue weighted by Gasteiger charge is -2.07. The van der Waals surface area contributed by atoms with Crippen LogP contribution < -0.4 is 10.6 Å². The van der Waals surface area contributed by atoms with Gasteiger partial charge < -0.3 is 20.8 Å². The largest absolute Gasteiger partial charge is 0.478 e. The Balaban J connectivity index is 1.56. The van der Waals surface area contributed by atoms with E-state index in [-0.39, 0.29) is 22.9 Å². The second-order valence-electron chi connectivity index (χ2n) is 6.69. The van der Waals surface area contributed by atoms with Crippen molar-refractivity contribution < 1.29 is 29.4 Å². The fraction of sp³-hybridized carbons (Fsp3) is 0.273. The molecule has 0 bridgehead atoms. The first-order chi connectivity index (χ1) is 14.4. The molecule has 8 heteroatoms. The molecule has 0 atom stereocenters. The highest BCUT2D eigenvalue weighted by molar-refractivity contribution is 5.96. The zero-order valence-corrected chi connectivity index (χ0v) is 16.4. The van der Waals surface area contributed by atoms with Crippen molar-refractivity contribution in [2.24, 2.45) is 0 Å². The molecule has 2 rings (SSSR count). The number of carboxylic acids is 2. The van der Waals surface area contributed by atoms with Gasteiger partial charge in [-0.2, -0.15) is 0 Å². The molecule has 0 fully saturated rings. The molecule has 4 N–H and O–H groups in total. The van der Waals surface area contributed by atoms with Crippen molar-refractivity contribution >= 4 is 23.8 Å². The first-order valence-electron chi connectivity index (χ1n) is 9.61. The Labute approximate surface area is 173 Å². The number of hydrogen-bond donors (Lipinski definition) is 4. The maximum Gasteiger partial charge on any atom is 0.335 e. The highest BCUT2D eigenvalue weighted by atomic mass is 16.4. The molecule has 2 amide bonds. The van der Waals surface area contributed by atoms with Crippen molar-refractivity contribution in [2.75, 3.05) is 13.1 Å². The fourth-order valence-corrected chi connectivity index (χ4v) is 2.74. The van der Waals surface area contributed by atoms with Crippen molar-refractivity contribution in [3.8, 4) is 0 Å². The number of benzene rings is 2. The van der Waals surface area contributed by atoms with Gasteiger partial charge in [0.1, 0.15) is 0 Å². The summed E-state index contributed by atoms with van der Waals surface area (Å²) in [6.45, 7) is 1.03. The molecular weight excluding hydrogens is 388 g/mol. The van der Waals surface area contributed by atoms with Gasteiger partial charge in [-0.15, -0.1) is 0 Å². The Morgan fingerprint density at radius 3 is 1.13 bits per heavy atom. The van der Waals surface area contributed by atoms with Crippen LogP contribution in [-0.4, -0.2) is 47.1 Å². The molecule has 0 unspecified atom stereocenters. The van der Waals surface area contributed by atoms with Crippen molar-refractivity contribution in [1.82, 2.24) is 10.6 Å². The molecule has 0 aliphatic rings. The lowest BCUT2D eigenvalue weighted by atomic mass is 10.1. The molecule has 158 valence electrons. The van der Waals surface area contributed by atoms with Crippen LogP contribution in [-0.2, 0) is 0 Å². The molecule has 8 nitrogen and oxygen atoms in total. The van der Waals surface area contributed by atoms with Gasteiger partial charge >= 0.3 is 11.9 Å². The van der Waals surface area contributed by atoms with E-state index in [4.69, 9.17) is 10.2 Å². The molecular formula is C22H24N2O6. The molecule has 0 aliphatic carbocycles. The van der Waals surface area contributed by atoms with Gasteiger partial charge in [0, 0.05) is 24.2 Å². The fourth-order valence-electron chi connectivity index (χ4n) is 2.74. The molecule has 0 aliphatic heterocycles. The number of amides is 2. The van der Waals surface area contributed by atoms with Gasteiger partial charge in [-0.05, 0) is 61.4 Å². The van der Waals surface area contributed by atoms with Gasteiger partial charge in [-0.1, -0.05) is 12.8 Å². The van der Waals surface area contributed by atoms with Gasteiger partial charge in [-0.3, -0.25) is 9.59 Å². The summed E-state index contributed by atoms with van der Waals surface area (Å²) in [7, 11) is 0. The van der Waals surface area contributed by atoms with Gasteiger partial charge in [0.25, 0.3) is 11.8 Å². The van der Waals surface area contributed by atoms with Gasteiger partial charge in [-0.25, -0.2) is 9.59 Å². The molecule has 0 heterocycles. The first kappa shape index (κ1) is 22.6. The third-order valence-corrected chi connectivity index (χ3v) is 4.46. The van der Waals surface area contributed by atoms with E-state index >= 15 is 0 Å². The summed E-state index contributed by atoms with van der Waals surface area (Å²) in [5.74, 6) is -2.55. The highest BCUT2D eigenvalue weighted by Gasteiger charge is 2.08. The maximum absolute atomic E-state index is 12.0. The Bertz CT molecular complexity index is 815. The van der Waals surface area contributed by atoms with Crippen LogP contribution in [0.25, 0.3) is 0 Å². The summed E-state index contributed by atoms with van der Waals surface area (Å²) in [5, 5.41) is 23.3. The molecule has 0 saturated heterocycles. The van der Waals surface area contributed by atoms with E-state index in [1.54, 1.807) is 0 Å². The first-order valence-corrected chi connectivity index (χ1v) is 9.61. The summed E-state index contributed by atoms with van der Waals surface area (Å²) in [5.41, 5.74) is 1.10. The van der Waals surface area contributed by atoms with Crippen LogP contribution >= 0.6 is 0 Å². The molecule has 2 aromatic carbocycles. The standard InChI is InChI=1S/C22H24N2O6/c25-19(15-5-9-17(10-6-15)21(27)28)23-13-3-1-2-4-14-24-20(26)16-7-11-18(12-8-16)22(29)30/h5-12H,1-4,13-14H2,(H,23,25)(H,24,26)(H,27,28)(H,29,30). The number of carbonyl (C=O) groups is 4. The van der Waals surface area contributed by atoms with E-state index in [1.165, 1.54) is 48.5 Å². The number of carboxylic acid groups (broad SMARTS) is 2. The van der Waals surface area contributed by atoms with E-state index < -0.39 is 11.9 Å². The molecule has 2 aromatic rings. The predicted octanol–water partition coefficient (Wildman–Crippen LogP) is 2.80. The zero-order chi connectivity index (χ0) is 21.9. The lowest BCUT2D eigenvalue weighted by molar-refractivity contribution is 0.0686.